The lowest BCUT2D eigenvalue weighted by atomic mass is 10.0. The fourth-order valence-electron chi connectivity index (χ4n) is 4.49. The molecule has 0 saturated heterocycles. The Morgan fingerprint density at radius 1 is 0.722 bits per heavy atom. The van der Waals surface area contributed by atoms with Crippen LogP contribution in [0.2, 0.25) is 0 Å². The van der Waals surface area contributed by atoms with Crippen LogP contribution >= 0.6 is 0 Å². The number of hydrogen-bond acceptors (Lipinski definition) is 3. The summed E-state index contributed by atoms with van der Waals surface area (Å²) in [5.41, 5.74) is 8.05. The van der Waals surface area contributed by atoms with Gasteiger partial charge in [0.05, 0.1) is 6.61 Å². The predicted octanol–water partition coefficient (Wildman–Crippen LogP) is 9.81. The van der Waals surface area contributed by atoms with Gasteiger partial charge in [0.2, 0.25) is 0 Å². The molecule has 2 aromatic rings. The highest BCUT2D eigenvalue weighted by atomic mass is 16.5. The van der Waals surface area contributed by atoms with Gasteiger partial charge in [-0.3, -0.25) is 4.79 Å². The number of hydrogen-bond donors (Lipinski definition) is 1. The summed E-state index contributed by atoms with van der Waals surface area (Å²) in [4.78, 5) is 12.4. The number of ketones is 1. The molecule has 0 aliphatic rings. The van der Waals surface area contributed by atoms with Crippen molar-refractivity contribution in [2.45, 2.75) is 110 Å². The van der Waals surface area contributed by atoms with Crippen molar-refractivity contribution in [3.63, 3.8) is 0 Å². The minimum Gasteiger partial charge on any atom is -0.494 e. The number of unbranched alkanes of at least 4 members (excludes halogenated alkanes) is 15. The van der Waals surface area contributed by atoms with E-state index in [1.165, 1.54) is 96.3 Å². The fourth-order valence-corrected chi connectivity index (χ4v) is 4.49. The van der Waals surface area contributed by atoms with Crippen LogP contribution in [0.25, 0.3) is 6.08 Å². The Morgan fingerprint density at radius 3 is 1.78 bits per heavy atom. The first-order valence-corrected chi connectivity index (χ1v) is 14.5. The molecular weight excluding hydrogens is 442 g/mol. The van der Waals surface area contributed by atoms with E-state index in [-0.39, 0.29) is 5.78 Å². The summed E-state index contributed by atoms with van der Waals surface area (Å²) < 4.78 is 5.86. The van der Waals surface area contributed by atoms with E-state index in [4.69, 9.17) is 10.5 Å². The maximum Gasteiger partial charge on any atom is 0.185 e. The molecule has 3 nitrogen and oxygen atoms in total. The van der Waals surface area contributed by atoms with Gasteiger partial charge in [-0.05, 0) is 54.5 Å². The average molecular weight is 492 g/mol. The summed E-state index contributed by atoms with van der Waals surface area (Å²) in [7, 11) is 0. The molecule has 0 fully saturated rings. The normalized spacial score (nSPS) is 11.2. The Bertz CT molecular complexity index is 856. The molecule has 0 bridgehead atoms. The summed E-state index contributed by atoms with van der Waals surface area (Å²) in [6.45, 7) is 3.02. The molecule has 0 radical (unpaired) electrons. The fraction of sp³-hybridized carbons (Fsp3) is 0.545. The third-order valence-corrected chi connectivity index (χ3v) is 6.74. The van der Waals surface area contributed by atoms with E-state index in [2.05, 4.69) is 6.92 Å². The number of allylic oxidation sites excluding steroid dienone is 1. The van der Waals surface area contributed by atoms with E-state index >= 15 is 0 Å². The van der Waals surface area contributed by atoms with Gasteiger partial charge in [-0.1, -0.05) is 121 Å². The number of benzene rings is 2. The SMILES string of the molecule is CCCCCCCCCCCCCCCCCCOc1ccc(C(=O)C=Cc2cccc(N)c2)cc1. The highest BCUT2D eigenvalue weighted by Crippen LogP contribution is 2.16. The van der Waals surface area contributed by atoms with Gasteiger partial charge >= 0.3 is 0 Å². The zero-order valence-corrected chi connectivity index (χ0v) is 22.7. The first-order valence-electron chi connectivity index (χ1n) is 14.5. The standard InChI is InChI=1S/C33H49NO2/c1-2-3-4-5-6-7-8-9-10-11-12-13-14-15-16-17-27-36-32-24-22-30(23-25-32)33(35)26-21-29-19-18-20-31(34)28-29/h18-26,28H,2-17,27,34H2,1H3. The van der Waals surface area contributed by atoms with Gasteiger partial charge in [0.15, 0.2) is 5.78 Å². The van der Waals surface area contributed by atoms with Crippen molar-refractivity contribution >= 4 is 17.5 Å². The van der Waals surface area contributed by atoms with Crippen molar-refractivity contribution in [1.82, 2.24) is 0 Å². The number of anilines is 1. The Morgan fingerprint density at radius 2 is 1.25 bits per heavy atom. The highest BCUT2D eigenvalue weighted by Gasteiger charge is 2.03. The van der Waals surface area contributed by atoms with Crippen LogP contribution in [0, 0.1) is 0 Å². The summed E-state index contributed by atoms with van der Waals surface area (Å²) in [6.07, 6.45) is 25.3. The van der Waals surface area contributed by atoms with Crippen molar-refractivity contribution < 1.29 is 9.53 Å². The molecule has 2 aromatic carbocycles. The number of carbonyl (C=O) groups is 1. The molecule has 0 amide bonds. The minimum absolute atomic E-state index is 0.0261. The molecule has 0 aromatic heterocycles. The van der Waals surface area contributed by atoms with Crippen molar-refractivity contribution in [3.05, 3.63) is 65.7 Å². The quantitative estimate of drug-likeness (QED) is 0.0818. The van der Waals surface area contributed by atoms with Gasteiger partial charge < -0.3 is 10.5 Å². The first kappa shape index (κ1) is 29.7. The third kappa shape index (κ3) is 14.1. The number of ether oxygens (including phenoxy) is 1. The van der Waals surface area contributed by atoms with Crippen molar-refractivity contribution in [2.75, 3.05) is 12.3 Å². The summed E-state index contributed by atoms with van der Waals surface area (Å²) in [5, 5.41) is 0. The smallest absolute Gasteiger partial charge is 0.185 e. The molecule has 0 saturated carbocycles. The van der Waals surface area contributed by atoms with Gasteiger partial charge in [0.1, 0.15) is 5.75 Å². The molecule has 0 unspecified atom stereocenters. The molecule has 0 aliphatic heterocycles. The number of carbonyl (C=O) groups excluding carboxylic acids is 1. The third-order valence-electron chi connectivity index (χ3n) is 6.74. The second-order valence-electron chi connectivity index (χ2n) is 10.0. The molecule has 0 heterocycles. The second-order valence-corrected chi connectivity index (χ2v) is 10.0. The summed E-state index contributed by atoms with van der Waals surface area (Å²) >= 11 is 0. The van der Waals surface area contributed by atoms with Crippen LogP contribution < -0.4 is 10.5 Å². The summed E-state index contributed by atoms with van der Waals surface area (Å²) in [5.74, 6) is 0.800. The second kappa shape index (κ2) is 19.6. The largest absolute Gasteiger partial charge is 0.494 e. The molecule has 2 rings (SSSR count). The van der Waals surface area contributed by atoms with Crippen LogP contribution in [0.15, 0.2) is 54.6 Å². The van der Waals surface area contributed by atoms with Gasteiger partial charge in [0.25, 0.3) is 0 Å². The van der Waals surface area contributed by atoms with Gasteiger partial charge in [-0.15, -0.1) is 0 Å². The number of nitrogens with two attached hydrogens (primary N) is 1. The molecule has 0 atom stereocenters. The lowest BCUT2D eigenvalue weighted by Gasteiger charge is -2.07. The van der Waals surface area contributed by atoms with E-state index in [1.54, 1.807) is 12.2 Å². The van der Waals surface area contributed by atoms with Crippen LogP contribution in [-0.2, 0) is 0 Å². The molecule has 0 spiro atoms. The van der Waals surface area contributed by atoms with Crippen molar-refractivity contribution in [1.29, 1.82) is 0 Å². The molecule has 36 heavy (non-hydrogen) atoms. The molecule has 2 N–H and O–H groups in total. The van der Waals surface area contributed by atoms with Crippen molar-refractivity contribution in [2.24, 2.45) is 0 Å². The molecule has 198 valence electrons. The zero-order chi connectivity index (χ0) is 25.7. The molecule has 3 heteroatoms. The monoisotopic (exact) mass is 491 g/mol. The van der Waals surface area contributed by atoms with Crippen LogP contribution in [0.1, 0.15) is 126 Å². The summed E-state index contributed by atoms with van der Waals surface area (Å²) in [6, 6.07) is 14.9. The lowest BCUT2D eigenvalue weighted by Crippen LogP contribution is -1.99. The minimum atomic E-state index is -0.0261. The maximum absolute atomic E-state index is 12.4. The van der Waals surface area contributed by atoms with Gasteiger partial charge in [0, 0.05) is 11.3 Å². The van der Waals surface area contributed by atoms with E-state index < -0.39 is 0 Å². The van der Waals surface area contributed by atoms with Gasteiger partial charge in [-0.25, -0.2) is 0 Å². The van der Waals surface area contributed by atoms with Gasteiger partial charge in [-0.2, -0.15) is 0 Å². The van der Waals surface area contributed by atoms with Crippen LogP contribution in [0.4, 0.5) is 5.69 Å². The average Bonchev–Trinajstić information content (AvgIpc) is 2.89. The van der Waals surface area contributed by atoms with E-state index in [0.717, 1.165) is 24.3 Å². The molecule has 0 aliphatic carbocycles. The van der Waals surface area contributed by atoms with E-state index in [0.29, 0.717) is 11.3 Å². The van der Waals surface area contributed by atoms with Crippen molar-refractivity contribution in [3.8, 4) is 5.75 Å². The zero-order valence-electron chi connectivity index (χ0n) is 22.7. The number of nitrogen functional groups attached to an aromatic ring is 1. The topological polar surface area (TPSA) is 52.3 Å². The highest BCUT2D eigenvalue weighted by molar-refractivity contribution is 6.06. The van der Waals surface area contributed by atoms with Crippen LogP contribution in [0.3, 0.4) is 0 Å². The maximum atomic E-state index is 12.4. The number of rotatable bonds is 21. The predicted molar refractivity (Wildman–Crippen MR) is 156 cm³/mol. The molecular formula is C33H49NO2. The Kier molecular flexibility index (Phi) is 16.2. The Labute approximate surface area is 220 Å². The first-order chi connectivity index (χ1) is 17.7. The Hall–Kier alpha value is -2.55. The van der Waals surface area contributed by atoms with Crippen LogP contribution in [0.5, 0.6) is 5.75 Å². The van der Waals surface area contributed by atoms with Crippen LogP contribution in [-0.4, -0.2) is 12.4 Å². The van der Waals surface area contributed by atoms with E-state index in [9.17, 15) is 4.79 Å². The lowest BCUT2D eigenvalue weighted by molar-refractivity contribution is 0.104. The van der Waals surface area contributed by atoms with E-state index in [1.807, 2.05) is 48.5 Å². The Balaban J connectivity index is 1.43.